The predicted molar refractivity (Wildman–Crippen MR) is 76.6 cm³/mol. The van der Waals surface area contributed by atoms with Crippen LogP contribution in [0.15, 0.2) is 60.7 Å². The number of carbonyl (C=O) groups excluding carboxylic acids is 1. The lowest BCUT2D eigenvalue weighted by Crippen LogP contribution is -2.28. The van der Waals surface area contributed by atoms with Crippen LogP contribution in [0.3, 0.4) is 0 Å². The van der Waals surface area contributed by atoms with Crippen molar-refractivity contribution in [3.63, 3.8) is 0 Å². The monoisotopic (exact) mass is 271 g/mol. The molecule has 1 N–H and O–H groups in total. The lowest BCUT2D eigenvalue weighted by atomic mass is 10.2. The summed E-state index contributed by atoms with van der Waals surface area (Å²) in [5, 5.41) is 2.64. The Kier molecular flexibility index (Phi) is 5.46. The van der Waals surface area contributed by atoms with E-state index >= 15 is 0 Å². The van der Waals surface area contributed by atoms with Crippen LogP contribution in [0, 0.1) is 0 Å². The first-order valence-corrected chi connectivity index (χ1v) is 6.47. The first-order chi connectivity index (χ1) is 9.84. The third kappa shape index (κ3) is 5.02. The zero-order valence-corrected chi connectivity index (χ0v) is 11.1. The first-order valence-electron chi connectivity index (χ1n) is 6.47. The molecule has 4 nitrogen and oxygen atoms in total. The van der Waals surface area contributed by atoms with Gasteiger partial charge in [0.05, 0.1) is 6.54 Å². The molecule has 2 aromatic carbocycles. The van der Waals surface area contributed by atoms with E-state index < -0.39 is 6.09 Å². The molecule has 0 spiro atoms. The summed E-state index contributed by atoms with van der Waals surface area (Å²) in [5.41, 5.74) is 0.961. The molecule has 0 aliphatic carbocycles. The maximum absolute atomic E-state index is 11.4. The van der Waals surface area contributed by atoms with E-state index in [1.165, 1.54) is 0 Å². The van der Waals surface area contributed by atoms with Gasteiger partial charge in [-0.3, -0.25) is 0 Å². The highest BCUT2D eigenvalue weighted by Gasteiger charge is 2.01. The minimum Gasteiger partial charge on any atom is -0.492 e. The van der Waals surface area contributed by atoms with Crippen LogP contribution in [0.2, 0.25) is 0 Å². The highest BCUT2D eigenvalue weighted by atomic mass is 16.5. The van der Waals surface area contributed by atoms with Crippen molar-refractivity contribution in [1.29, 1.82) is 0 Å². The van der Waals surface area contributed by atoms with Gasteiger partial charge in [0.1, 0.15) is 19.0 Å². The number of benzene rings is 2. The maximum atomic E-state index is 11.4. The number of para-hydroxylation sites is 1. The minimum atomic E-state index is -0.439. The molecular formula is C16H17NO3. The second kappa shape index (κ2) is 7.84. The number of hydrogen-bond acceptors (Lipinski definition) is 3. The Morgan fingerprint density at radius 2 is 1.60 bits per heavy atom. The average Bonchev–Trinajstić information content (AvgIpc) is 2.52. The number of ether oxygens (including phenoxy) is 2. The third-order valence-electron chi connectivity index (χ3n) is 2.60. The van der Waals surface area contributed by atoms with Crippen LogP contribution in [0.25, 0.3) is 0 Å². The van der Waals surface area contributed by atoms with E-state index in [1.807, 2.05) is 60.7 Å². The molecule has 0 unspecified atom stereocenters. The van der Waals surface area contributed by atoms with E-state index in [1.54, 1.807) is 0 Å². The smallest absolute Gasteiger partial charge is 0.407 e. The van der Waals surface area contributed by atoms with Crippen molar-refractivity contribution in [2.75, 3.05) is 13.2 Å². The number of hydrogen-bond donors (Lipinski definition) is 1. The molecule has 104 valence electrons. The van der Waals surface area contributed by atoms with E-state index in [9.17, 15) is 4.79 Å². The molecule has 4 heteroatoms. The van der Waals surface area contributed by atoms with Crippen LogP contribution in [-0.2, 0) is 11.3 Å². The molecule has 0 saturated heterocycles. The van der Waals surface area contributed by atoms with Gasteiger partial charge in [-0.25, -0.2) is 4.79 Å². The Balaban J connectivity index is 1.59. The van der Waals surface area contributed by atoms with Crippen molar-refractivity contribution in [1.82, 2.24) is 5.32 Å². The fraction of sp³-hybridized carbons (Fsp3) is 0.188. The molecule has 20 heavy (non-hydrogen) atoms. The summed E-state index contributed by atoms with van der Waals surface area (Å²) in [7, 11) is 0. The fourth-order valence-corrected chi connectivity index (χ4v) is 1.61. The summed E-state index contributed by atoms with van der Waals surface area (Å²) in [6.45, 7) is 1.08. The van der Waals surface area contributed by atoms with E-state index in [0.29, 0.717) is 13.2 Å². The Hall–Kier alpha value is -2.49. The zero-order chi connectivity index (χ0) is 14.0. The van der Waals surface area contributed by atoms with Crippen molar-refractivity contribution < 1.29 is 14.3 Å². The standard InChI is InChI=1S/C16H17NO3/c18-16(20-13-14-7-3-1-4-8-14)17-11-12-19-15-9-5-2-6-10-15/h1-10H,11-13H2,(H,17,18). The summed E-state index contributed by atoms with van der Waals surface area (Å²) >= 11 is 0. The largest absolute Gasteiger partial charge is 0.492 e. The summed E-state index contributed by atoms with van der Waals surface area (Å²) in [5.74, 6) is 0.784. The summed E-state index contributed by atoms with van der Waals surface area (Å²) < 4.78 is 10.5. The molecule has 2 rings (SSSR count). The minimum absolute atomic E-state index is 0.270. The lowest BCUT2D eigenvalue weighted by Gasteiger charge is -2.08. The van der Waals surface area contributed by atoms with Crippen molar-refractivity contribution in [2.45, 2.75) is 6.61 Å². The third-order valence-corrected chi connectivity index (χ3v) is 2.60. The number of alkyl carbamates (subject to hydrolysis) is 1. The Morgan fingerprint density at radius 1 is 0.950 bits per heavy atom. The highest BCUT2D eigenvalue weighted by Crippen LogP contribution is 2.07. The van der Waals surface area contributed by atoms with Gasteiger partial charge in [-0.15, -0.1) is 0 Å². The van der Waals surface area contributed by atoms with Gasteiger partial charge >= 0.3 is 6.09 Å². The Labute approximate surface area is 118 Å². The van der Waals surface area contributed by atoms with Crippen molar-refractivity contribution >= 4 is 6.09 Å². The van der Waals surface area contributed by atoms with Gasteiger partial charge in [0.25, 0.3) is 0 Å². The molecule has 1 amide bonds. The van der Waals surface area contributed by atoms with Crippen LogP contribution in [0.4, 0.5) is 4.79 Å². The van der Waals surface area contributed by atoms with Crippen LogP contribution in [0.5, 0.6) is 5.75 Å². The average molecular weight is 271 g/mol. The molecule has 0 saturated carbocycles. The van der Waals surface area contributed by atoms with E-state index in [2.05, 4.69) is 5.32 Å². The molecule has 0 atom stereocenters. The van der Waals surface area contributed by atoms with Crippen molar-refractivity contribution in [3.05, 3.63) is 66.2 Å². The number of carbonyl (C=O) groups is 1. The van der Waals surface area contributed by atoms with Crippen LogP contribution < -0.4 is 10.1 Å². The van der Waals surface area contributed by atoms with Crippen LogP contribution in [-0.4, -0.2) is 19.2 Å². The fourth-order valence-electron chi connectivity index (χ4n) is 1.61. The summed E-state index contributed by atoms with van der Waals surface area (Å²) in [6.07, 6.45) is -0.439. The summed E-state index contributed by atoms with van der Waals surface area (Å²) in [4.78, 5) is 11.4. The second-order valence-electron chi connectivity index (χ2n) is 4.15. The Bertz CT molecular complexity index is 514. The lowest BCUT2D eigenvalue weighted by molar-refractivity contribution is 0.137. The molecule has 0 aromatic heterocycles. The van der Waals surface area contributed by atoms with Gasteiger partial charge in [0.15, 0.2) is 0 Å². The molecule has 0 aliphatic rings. The van der Waals surface area contributed by atoms with Crippen molar-refractivity contribution in [2.24, 2.45) is 0 Å². The summed E-state index contributed by atoms with van der Waals surface area (Å²) in [6, 6.07) is 19.0. The van der Waals surface area contributed by atoms with Gasteiger partial charge in [-0.05, 0) is 17.7 Å². The maximum Gasteiger partial charge on any atom is 0.407 e. The van der Waals surface area contributed by atoms with Gasteiger partial charge in [0, 0.05) is 0 Å². The van der Waals surface area contributed by atoms with E-state index in [-0.39, 0.29) is 6.61 Å². The zero-order valence-electron chi connectivity index (χ0n) is 11.1. The van der Waals surface area contributed by atoms with Crippen LogP contribution >= 0.6 is 0 Å². The van der Waals surface area contributed by atoms with Crippen LogP contribution in [0.1, 0.15) is 5.56 Å². The molecule has 0 fully saturated rings. The van der Waals surface area contributed by atoms with Gasteiger partial charge < -0.3 is 14.8 Å². The quantitative estimate of drug-likeness (QED) is 0.822. The first kappa shape index (κ1) is 13.9. The number of rotatable bonds is 6. The molecular weight excluding hydrogens is 254 g/mol. The van der Waals surface area contributed by atoms with Crippen molar-refractivity contribution in [3.8, 4) is 5.75 Å². The topological polar surface area (TPSA) is 47.6 Å². The highest BCUT2D eigenvalue weighted by molar-refractivity contribution is 5.67. The van der Waals surface area contributed by atoms with E-state index in [0.717, 1.165) is 11.3 Å². The number of nitrogens with one attached hydrogen (secondary N) is 1. The molecule has 0 radical (unpaired) electrons. The van der Waals surface area contributed by atoms with Gasteiger partial charge in [0.2, 0.25) is 0 Å². The molecule has 2 aromatic rings. The second-order valence-corrected chi connectivity index (χ2v) is 4.15. The van der Waals surface area contributed by atoms with Gasteiger partial charge in [-0.2, -0.15) is 0 Å². The molecule has 0 heterocycles. The Morgan fingerprint density at radius 3 is 2.30 bits per heavy atom. The van der Waals surface area contributed by atoms with E-state index in [4.69, 9.17) is 9.47 Å². The SMILES string of the molecule is O=C(NCCOc1ccccc1)OCc1ccccc1. The predicted octanol–water partition coefficient (Wildman–Crippen LogP) is 2.99. The normalized spacial score (nSPS) is 9.80. The van der Waals surface area contributed by atoms with Gasteiger partial charge in [-0.1, -0.05) is 48.5 Å². The molecule has 0 bridgehead atoms. The molecule has 0 aliphatic heterocycles. The number of amides is 1.